The van der Waals surface area contributed by atoms with E-state index >= 15 is 0 Å². The number of thiophene rings is 1. The van der Waals surface area contributed by atoms with Gasteiger partial charge in [0.15, 0.2) is 5.11 Å². The topological polar surface area (TPSA) is 80.6 Å². The third-order valence-electron chi connectivity index (χ3n) is 5.42. The van der Waals surface area contributed by atoms with E-state index in [2.05, 4.69) is 10.6 Å². The Kier molecular flexibility index (Phi) is 6.68. The monoisotopic (exact) mass is 554 g/mol. The molecule has 0 spiro atoms. The average Bonchev–Trinajstić information content (AvgIpc) is 3.19. The van der Waals surface area contributed by atoms with Crippen molar-refractivity contribution in [3.8, 4) is 16.9 Å². The van der Waals surface area contributed by atoms with Crippen LogP contribution in [0.3, 0.4) is 0 Å². The van der Waals surface area contributed by atoms with Crippen molar-refractivity contribution in [1.82, 2.24) is 5.32 Å². The van der Waals surface area contributed by atoms with E-state index < -0.39 is 11.5 Å². The molecule has 6 nitrogen and oxygen atoms in total. The quantitative estimate of drug-likeness (QED) is 0.182. The predicted molar refractivity (Wildman–Crippen MR) is 150 cm³/mol. The van der Waals surface area contributed by atoms with E-state index in [4.69, 9.17) is 44.6 Å². The van der Waals surface area contributed by atoms with Crippen LogP contribution in [0.25, 0.3) is 32.2 Å². The summed E-state index contributed by atoms with van der Waals surface area (Å²) in [7, 11) is 1.50. The first-order valence-electron chi connectivity index (χ1n) is 10.5. The van der Waals surface area contributed by atoms with Gasteiger partial charge in [0.05, 0.1) is 17.7 Å². The van der Waals surface area contributed by atoms with Gasteiger partial charge in [-0.3, -0.25) is 10.1 Å². The number of thiocarbonyl (C=S) groups is 1. The van der Waals surface area contributed by atoms with E-state index in [0.29, 0.717) is 43.1 Å². The van der Waals surface area contributed by atoms with Gasteiger partial charge in [0.25, 0.3) is 5.91 Å². The first-order valence-corrected chi connectivity index (χ1v) is 12.5. The van der Waals surface area contributed by atoms with Gasteiger partial charge in [0.2, 0.25) is 0 Å². The number of fused-ring (bicyclic) bond motifs is 2. The maximum Gasteiger partial charge on any atom is 0.344 e. The number of ether oxygens (including phenoxy) is 1. The molecule has 5 rings (SSSR count). The molecule has 0 radical (unpaired) electrons. The summed E-state index contributed by atoms with van der Waals surface area (Å²) in [5.41, 5.74) is 1.52. The van der Waals surface area contributed by atoms with E-state index in [0.717, 1.165) is 15.5 Å². The number of nitrogens with one attached hydrogen (secondary N) is 2. The molecule has 0 aliphatic carbocycles. The number of rotatable bonds is 4. The second kappa shape index (κ2) is 9.91. The molecule has 0 saturated carbocycles. The Bertz CT molecular complexity index is 1730. The van der Waals surface area contributed by atoms with Crippen molar-refractivity contribution < 1.29 is 13.9 Å². The third kappa shape index (κ3) is 4.68. The van der Waals surface area contributed by atoms with E-state index in [1.807, 2.05) is 12.1 Å². The van der Waals surface area contributed by atoms with Gasteiger partial charge >= 0.3 is 5.63 Å². The number of amides is 1. The average molecular weight is 555 g/mol. The lowest BCUT2D eigenvalue weighted by Crippen LogP contribution is -2.33. The minimum atomic E-state index is -0.475. The zero-order valence-corrected chi connectivity index (χ0v) is 21.7. The number of hydrogen-bond donors (Lipinski definition) is 2. The van der Waals surface area contributed by atoms with Gasteiger partial charge in [-0.2, -0.15) is 0 Å². The standard InChI is InChI=1S/C26H16Cl2N2O4S2/c1-33-20-12-15(7-9-16(20)18-10-13-4-2-3-5-19(13)34-25(18)32)29-26(35)30-24(31)23-22(28)17-8-6-14(27)11-21(17)36-23/h2-12H,1H3,(H2,29,30,31,35). The number of carbonyl (C=O) groups excluding carboxylic acids is 1. The summed E-state index contributed by atoms with van der Waals surface area (Å²) < 4.78 is 11.8. The fourth-order valence-electron chi connectivity index (χ4n) is 3.75. The maximum absolute atomic E-state index is 12.8. The zero-order valence-electron chi connectivity index (χ0n) is 18.6. The lowest BCUT2D eigenvalue weighted by molar-refractivity contribution is 0.0982. The molecule has 0 bridgehead atoms. The molecule has 0 aliphatic heterocycles. The summed E-state index contributed by atoms with van der Waals surface area (Å²) >= 11 is 19.0. The third-order valence-corrected chi connectivity index (χ3v) is 7.51. The number of hydrogen-bond acceptors (Lipinski definition) is 6. The molecule has 1 amide bonds. The van der Waals surface area contributed by atoms with Gasteiger partial charge in [-0.1, -0.05) is 47.5 Å². The molecule has 2 heterocycles. The van der Waals surface area contributed by atoms with Crippen LogP contribution in [0, 0.1) is 0 Å². The van der Waals surface area contributed by atoms with Gasteiger partial charge in [-0.25, -0.2) is 4.79 Å². The van der Waals surface area contributed by atoms with E-state index in [9.17, 15) is 9.59 Å². The van der Waals surface area contributed by atoms with Crippen molar-refractivity contribution >= 4 is 84.5 Å². The van der Waals surface area contributed by atoms with Gasteiger partial charge < -0.3 is 14.5 Å². The van der Waals surface area contributed by atoms with Gasteiger partial charge in [-0.15, -0.1) is 11.3 Å². The Hall–Kier alpha value is -3.43. The molecule has 10 heteroatoms. The van der Waals surface area contributed by atoms with Crippen molar-refractivity contribution in [2.75, 3.05) is 12.4 Å². The molecule has 0 saturated heterocycles. The molecule has 0 atom stereocenters. The fourth-order valence-corrected chi connectivity index (χ4v) is 5.65. The SMILES string of the molecule is COc1cc(NC(=S)NC(=O)c2sc3cc(Cl)ccc3c2Cl)ccc1-c1cc2ccccc2oc1=O. The van der Waals surface area contributed by atoms with Crippen LogP contribution in [-0.4, -0.2) is 18.1 Å². The minimum Gasteiger partial charge on any atom is -0.496 e. The first kappa shape index (κ1) is 24.3. The highest BCUT2D eigenvalue weighted by Gasteiger charge is 2.19. The van der Waals surface area contributed by atoms with Crippen LogP contribution in [0.4, 0.5) is 5.69 Å². The Balaban J connectivity index is 1.37. The lowest BCUT2D eigenvalue weighted by Gasteiger charge is -2.13. The van der Waals surface area contributed by atoms with Crippen molar-refractivity contribution in [3.05, 3.63) is 92.1 Å². The van der Waals surface area contributed by atoms with Crippen molar-refractivity contribution in [3.63, 3.8) is 0 Å². The van der Waals surface area contributed by atoms with Gasteiger partial charge in [-0.05, 0) is 48.6 Å². The van der Waals surface area contributed by atoms with Gasteiger partial charge in [0, 0.05) is 37.8 Å². The summed E-state index contributed by atoms with van der Waals surface area (Å²) in [5.74, 6) is -0.00619. The molecule has 0 unspecified atom stereocenters. The molecular formula is C26H16Cl2N2O4S2. The molecule has 36 heavy (non-hydrogen) atoms. The Morgan fingerprint density at radius 1 is 1.03 bits per heavy atom. The highest BCUT2D eigenvalue weighted by molar-refractivity contribution is 7.80. The van der Waals surface area contributed by atoms with Crippen LogP contribution in [0.5, 0.6) is 5.75 Å². The van der Waals surface area contributed by atoms with Crippen LogP contribution in [0.2, 0.25) is 10.0 Å². The van der Waals surface area contributed by atoms with Crippen LogP contribution in [-0.2, 0) is 0 Å². The number of para-hydroxylation sites is 1. The van der Waals surface area contributed by atoms with E-state index in [-0.39, 0.29) is 5.11 Å². The highest BCUT2D eigenvalue weighted by Crippen LogP contribution is 2.37. The number of benzene rings is 3. The zero-order chi connectivity index (χ0) is 25.4. The molecular weight excluding hydrogens is 539 g/mol. The lowest BCUT2D eigenvalue weighted by atomic mass is 10.0. The summed E-state index contributed by atoms with van der Waals surface area (Å²) in [6, 6.07) is 19.4. The number of anilines is 1. The predicted octanol–water partition coefficient (Wildman–Crippen LogP) is 7.12. The normalized spacial score (nSPS) is 11.0. The largest absolute Gasteiger partial charge is 0.496 e. The summed E-state index contributed by atoms with van der Waals surface area (Å²) in [6.45, 7) is 0. The van der Waals surface area contributed by atoms with Crippen molar-refractivity contribution in [1.29, 1.82) is 0 Å². The van der Waals surface area contributed by atoms with Crippen LogP contribution in [0.1, 0.15) is 9.67 Å². The first-order chi connectivity index (χ1) is 17.3. The summed E-state index contributed by atoms with van der Waals surface area (Å²) in [5, 5.41) is 8.12. The molecule has 0 fully saturated rings. The number of carbonyl (C=O) groups is 1. The fraction of sp³-hybridized carbons (Fsp3) is 0.0385. The Morgan fingerprint density at radius 2 is 1.83 bits per heavy atom. The van der Waals surface area contributed by atoms with Crippen LogP contribution < -0.4 is 21.0 Å². The maximum atomic E-state index is 12.8. The molecule has 180 valence electrons. The van der Waals surface area contributed by atoms with E-state index in [1.165, 1.54) is 18.4 Å². The molecule has 0 aliphatic rings. The second-order valence-electron chi connectivity index (χ2n) is 7.69. The Labute approximate surface area is 224 Å². The molecule has 2 aromatic heterocycles. The molecule has 2 N–H and O–H groups in total. The molecule has 5 aromatic rings. The van der Waals surface area contributed by atoms with Crippen LogP contribution >= 0.6 is 46.8 Å². The van der Waals surface area contributed by atoms with Gasteiger partial charge in [0.1, 0.15) is 16.2 Å². The molecule has 3 aromatic carbocycles. The number of halogens is 2. The van der Waals surface area contributed by atoms with Crippen LogP contribution in [0.15, 0.2) is 75.9 Å². The summed E-state index contributed by atoms with van der Waals surface area (Å²) in [4.78, 5) is 25.7. The number of methoxy groups -OCH3 is 1. The second-order valence-corrected chi connectivity index (χ2v) is 9.97. The van der Waals surface area contributed by atoms with Crippen molar-refractivity contribution in [2.45, 2.75) is 0 Å². The smallest absolute Gasteiger partial charge is 0.344 e. The van der Waals surface area contributed by atoms with E-state index in [1.54, 1.807) is 54.6 Å². The van der Waals surface area contributed by atoms with Crippen molar-refractivity contribution in [2.24, 2.45) is 0 Å². The Morgan fingerprint density at radius 3 is 2.64 bits per heavy atom. The summed E-state index contributed by atoms with van der Waals surface area (Å²) in [6.07, 6.45) is 0. The minimum absolute atomic E-state index is 0.0755. The highest BCUT2D eigenvalue weighted by atomic mass is 35.5.